The zero-order valence-corrected chi connectivity index (χ0v) is 20.4. The summed E-state index contributed by atoms with van der Waals surface area (Å²) in [4.78, 5) is 24.4. The predicted molar refractivity (Wildman–Crippen MR) is 141 cm³/mol. The van der Waals surface area contributed by atoms with Crippen LogP contribution in [-0.2, 0) is 35.3 Å². The fourth-order valence-corrected chi connectivity index (χ4v) is 4.35. The van der Waals surface area contributed by atoms with Crippen LogP contribution in [-0.4, -0.2) is 32.2 Å². The van der Waals surface area contributed by atoms with Crippen molar-refractivity contribution in [3.63, 3.8) is 0 Å². The number of hydrogen-bond acceptors (Lipinski definition) is 6. The van der Waals surface area contributed by atoms with Gasteiger partial charge in [-0.15, -0.1) is 10.2 Å². The fourth-order valence-electron chi connectivity index (χ4n) is 4.35. The summed E-state index contributed by atoms with van der Waals surface area (Å²) < 4.78 is 0. The lowest BCUT2D eigenvalue weighted by Crippen LogP contribution is -2.16. The number of nitrogens with one attached hydrogen (secondary N) is 2. The molecular formula is C29H28N6O2. The van der Waals surface area contributed by atoms with Crippen molar-refractivity contribution >= 4 is 23.5 Å². The average Bonchev–Trinajstić information content (AvgIpc) is 3.64. The van der Waals surface area contributed by atoms with Crippen LogP contribution in [0, 0.1) is 11.8 Å². The summed E-state index contributed by atoms with van der Waals surface area (Å²) in [6.45, 7) is 0. The number of benzene rings is 2. The van der Waals surface area contributed by atoms with Gasteiger partial charge < -0.3 is 10.6 Å². The van der Waals surface area contributed by atoms with Gasteiger partial charge in [0.15, 0.2) is 11.6 Å². The Kier molecular flexibility index (Phi) is 7.55. The van der Waals surface area contributed by atoms with E-state index in [4.69, 9.17) is 0 Å². The Morgan fingerprint density at radius 2 is 1.03 bits per heavy atom. The quantitative estimate of drug-likeness (QED) is 0.346. The minimum Gasteiger partial charge on any atom is -0.309 e. The number of anilines is 2. The second-order valence-electron chi connectivity index (χ2n) is 9.41. The number of carbonyl (C=O) groups is 2. The third kappa shape index (κ3) is 7.27. The highest BCUT2D eigenvalue weighted by molar-refractivity contribution is 5.91. The molecule has 0 bridgehead atoms. The maximum atomic E-state index is 12.2. The summed E-state index contributed by atoms with van der Waals surface area (Å²) in [6, 6.07) is 26.7. The van der Waals surface area contributed by atoms with Gasteiger partial charge in [0.1, 0.15) is 0 Å². The maximum Gasteiger partial charge on any atom is 0.229 e. The van der Waals surface area contributed by atoms with E-state index in [1.165, 1.54) is 0 Å². The van der Waals surface area contributed by atoms with E-state index in [9.17, 15) is 9.59 Å². The summed E-state index contributed by atoms with van der Waals surface area (Å²) in [5, 5.41) is 22.5. The van der Waals surface area contributed by atoms with Crippen LogP contribution in [0.4, 0.5) is 11.6 Å². The predicted octanol–water partition coefficient (Wildman–Crippen LogP) is 4.05. The number of hydrogen-bond donors (Lipinski definition) is 2. The molecule has 37 heavy (non-hydrogen) atoms. The van der Waals surface area contributed by atoms with Gasteiger partial charge in [-0.3, -0.25) is 9.59 Å². The number of nitrogens with zero attached hydrogens (tertiary/aromatic N) is 4. The minimum absolute atomic E-state index is 0.113. The van der Waals surface area contributed by atoms with Crippen LogP contribution in [0.25, 0.3) is 0 Å². The lowest BCUT2D eigenvalue weighted by molar-refractivity contribution is -0.116. The molecule has 8 heteroatoms. The van der Waals surface area contributed by atoms with E-state index >= 15 is 0 Å². The van der Waals surface area contributed by atoms with Crippen LogP contribution in [0.2, 0.25) is 0 Å². The van der Waals surface area contributed by atoms with Gasteiger partial charge in [-0.05, 0) is 66.5 Å². The van der Waals surface area contributed by atoms with Gasteiger partial charge in [0.05, 0.1) is 24.2 Å². The Labute approximate surface area is 215 Å². The smallest absolute Gasteiger partial charge is 0.229 e. The van der Waals surface area contributed by atoms with Crippen molar-refractivity contribution in [2.75, 3.05) is 10.6 Å². The van der Waals surface area contributed by atoms with Crippen molar-refractivity contribution in [3.8, 4) is 0 Å². The number of carbonyl (C=O) groups excluding carboxylic acids is 2. The van der Waals surface area contributed by atoms with E-state index in [-0.39, 0.29) is 11.8 Å². The largest absolute Gasteiger partial charge is 0.309 e. The van der Waals surface area contributed by atoms with E-state index in [0.29, 0.717) is 36.3 Å². The molecule has 0 saturated heterocycles. The first-order valence-corrected chi connectivity index (χ1v) is 12.4. The Bertz CT molecular complexity index is 1220. The third-order valence-electron chi connectivity index (χ3n) is 6.40. The van der Waals surface area contributed by atoms with Gasteiger partial charge in [-0.1, -0.05) is 60.7 Å². The first-order chi connectivity index (χ1) is 18.1. The van der Waals surface area contributed by atoms with E-state index in [1.807, 2.05) is 72.8 Å². The fraction of sp³-hybridized carbons (Fsp3) is 0.241. The van der Waals surface area contributed by atoms with Gasteiger partial charge in [0.2, 0.25) is 11.8 Å². The van der Waals surface area contributed by atoms with Gasteiger partial charge in [0.25, 0.3) is 0 Å². The van der Waals surface area contributed by atoms with Gasteiger partial charge in [-0.25, -0.2) is 0 Å². The lowest BCUT2D eigenvalue weighted by atomic mass is 10.1. The molecule has 1 fully saturated rings. The van der Waals surface area contributed by atoms with Crippen LogP contribution >= 0.6 is 0 Å². The zero-order chi connectivity index (χ0) is 25.5. The molecule has 2 N–H and O–H groups in total. The molecule has 2 aromatic heterocycles. The summed E-state index contributed by atoms with van der Waals surface area (Å²) in [7, 11) is 0. The molecule has 0 aliphatic heterocycles. The Balaban J connectivity index is 1.04. The highest BCUT2D eigenvalue weighted by Gasteiger charge is 2.37. The molecule has 1 aliphatic carbocycles. The molecule has 4 aromatic rings. The Morgan fingerprint density at radius 1 is 0.595 bits per heavy atom. The van der Waals surface area contributed by atoms with Crippen LogP contribution in [0.3, 0.4) is 0 Å². The van der Waals surface area contributed by atoms with E-state index < -0.39 is 0 Å². The first-order valence-electron chi connectivity index (χ1n) is 12.4. The second kappa shape index (κ2) is 11.5. The van der Waals surface area contributed by atoms with Crippen LogP contribution < -0.4 is 10.6 Å². The zero-order valence-electron chi connectivity index (χ0n) is 20.4. The summed E-state index contributed by atoms with van der Waals surface area (Å²) in [6.07, 6.45) is 3.40. The Hall–Kier alpha value is -4.46. The first kappa shape index (κ1) is 24.2. The van der Waals surface area contributed by atoms with Crippen molar-refractivity contribution in [3.05, 3.63) is 107 Å². The van der Waals surface area contributed by atoms with E-state index in [0.717, 1.165) is 41.8 Å². The van der Waals surface area contributed by atoms with Crippen molar-refractivity contribution in [1.82, 2.24) is 20.4 Å². The molecule has 2 aromatic carbocycles. The van der Waals surface area contributed by atoms with Crippen LogP contribution in [0.15, 0.2) is 84.9 Å². The second-order valence-corrected chi connectivity index (χ2v) is 9.41. The molecular weight excluding hydrogens is 464 g/mol. The van der Waals surface area contributed by atoms with E-state index in [2.05, 4.69) is 31.0 Å². The van der Waals surface area contributed by atoms with Gasteiger partial charge in [0, 0.05) is 0 Å². The minimum atomic E-state index is -0.113. The summed E-state index contributed by atoms with van der Waals surface area (Å²) >= 11 is 0. The van der Waals surface area contributed by atoms with Crippen LogP contribution in [0.1, 0.15) is 28.9 Å². The van der Waals surface area contributed by atoms with Crippen molar-refractivity contribution in [2.24, 2.45) is 11.8 Å². The van der Waals surface area contributed by atoms with Gasteiger partial charge in [-0.2, -0.15) is 10.2 Å². The molecule has 0 radical (unpaired) electrons. The average molecular weight is 493 g/mol. The van der Waals surface area contributed by atoms with Gasteiger partial charge >= 0.3 is 0 Å². The van der Waals surface area contributed by atoms with E-state index in [1.54, 1.807) is 12.1 Å². The molecule has 2 unspecified atom stereocenters. The molecule has 8 nitrogen and oxygen atoms in total. The molecule has 1 aliphatic rings. The van der Waals surface area contributed by atoms with Crippen molar-refractivity contribution < 1.29 is 9.59 Å². The molecule has 5 rings (SSSR count). The number of aromatic nitrogens is 4. The highest BCUT2D eigenvalue weighted by Crippen LogP contribution is 2.42. The topological polar surface area (TPSA) is 110 Å². The molecule has 186 valence electrons. The third-order valence-corrected chi connectivity index (χ3v) is 6.40. The summed E-state index contributed by atoms with van der Waals surface area (Å²) in [5.74, 6) is 1.75. The highest BCUT2D eigenvalue weighted by atomic mass is 16.2. The number of rotatable bonds is 10. The molecule has 0 spiro atoms. The normalized spacial score (nSPS) is 16.1. The molecule has 2 amide bonds. The summed E-state index contributed by atoms with van der Waals surface area (Å²) in [5.41, 5.74) is 3.74. The number of amides is 2. The molecule has 2 atom stereocenters. The standard InChI is InChI=1S/C29H28N6O2/c36-28(15-20-7-3-1-4-8-20)30-26-13-11-24(32-34-26)18-22-17-23(22)19-25-12-14-27(35-33-25)31-29(37)16-21-9-5-2-6-10-21/h1-14,22-23H,15-19H2,(H,30,34,36)(H,31,35,37). The molecule has 1 saturated carbocycles. The molecule has 2 heterocycles. The monoisotopic (exact) mass is 492 g/mol. The van der Waals surface area contributed by atoms with Crippen molar-refractivity contribution in [1.29, 1.82) is 0 Å². The Morgan fingerprint density at radius 3 is 1.41 bits per heavy atom. The SMILES string of the molecule is O=C(Cc1ccccc1)Nc1ccc(CC2CC2Cc2ccc(NC(=O)Cc3ccccc3)nn2)nn1. The van der Waals surface area contributed by atoms with Crippen LogP contribution in [0.5, 0.6) is 0 Å². The van der Waals surface area contributed by atoms with Crippen molar-refractivity contribution in [2.45, 2.75) is 32.1 Å². The maximum absolute atomic E-state index is 12.2. The lowest BCUT2D eigenvalue weighted by Gasteiger charge is -2.06.